The summed E-state index contributed by atoms with van der Waals surface area (Å²) >= 11 is 0. The van der Waals surface area contributed by atoms with Crippen molar-refractivity contribution in [2.45, 2.75) is 6.92 Å². The van der Waals surface area contributed by atoms with E-state index < -0.39 is 5.95 Å². The van der Waals surface area contributed by atoms with Crippen LogP contribution < -0.4 is 0 Å². The second-order valence-corrected chi connectivity index (χ2v) is 5.06. The molecule has 0 saturated heterocycles. The fourth-order valence-electron chi connectivity index (χ4n) is 2.53. The van der Waals surface area contributed by atoms with E-state index in [1.807, 2.05) is 23.6 Å². The number of hydrogen-bond donors (Lipinski definition) is 0. The van der Waals surface area contributed by atoms with Crippen molar-refractivity contribution >= 4 is 11.6 Å². The molecule has 0 spiro atoms. The summed E-state index contributed by atoms with van der Waals surface area (Å²) in [5.74, 6) is 0.971. The van der Waals surface area contributed by atoms with Gasteiger partial charge in [-0.15, -0.1) is 0 Å². The van der Waals surface area contributed by atoms with Crippen LogP contribution in [-0.4, -0.2) is 29.5 Å². The van der Waals surface area contributed by atoms with E-state index in [9.17, 15) is 4.39 Å². The van der Waals surface area contributed by atoms with Gasteiger partial charge in [0.15, 0.2) is 5.82 Å². The highest BCUT2D eigenvalue weighted by atomic mass is 19.1. The molecule has 3 heterocycles. The van der Waals surface area contributed by atoms with Crippen LogP contribution in [0.2, 0.25) is 0 Å². The molecule has 112 valence electrons. The lowest BCUT2D eigenvalue weighted by Crippen LogP contribution is -2.06. The van der Waals surface area contributed by atoms with Gasteiger partial charge in [0.2, 0.25) is 11.9 Å². The summed E-state index contributed by atoms with van der Waals surface area (Å²) in [4.78, 5) is 20.8. The SMILES string of the molecule is C=C1C=Cc2c1nc(C)n2-c1ncnc(-c2ccnc(F)c2)n1. The number of fused-ring (bicyclic) bond motifs is 1. The van der Waals surface area contributed by atoms with E-state index in [0.29, 0.717) is 17.3 Å². The lowest BCUT2D eigenvalue weighted by Gasteiger charge is -2.07. The summed E-state index contributed by atoms with van der Waals surface area (Å²) in [6, 6.07) is 2.93. The van der Waals surface area contributed by atoms with Gasteiger partial charge in [-0.3, -0.25) is 4.57 Å². The molecule has 0 aliphatic heterocycles. The highest BCUT2D eigenvalue weighted by molar-refractivity contribution is 5.86. The molecule has 7 heteroatoms. The molecular formula is C16H11FN6. The molecule has 0 aromatic carbocycles. The predicted molar refractivity (Wildman–Crippen MR) is 82.9 cm³/mol. The van der Waals surface area contributed by atoms with Crippen LogP contribution in [-0.2, 0) is 0 Å². The minimum absolute atomic E-state index is 0.374. The normalized spacial score (nSPS) is 12.7. The standard InChI is InChI=1S/C16H11FN6/c1-9-3-4-12-14(9)21-10(2)23(12)16-20-8-19-15(22-16)11-5-6-18-13(17)7-11/h3-8H,1H2,2H3. The van der Waals surface area contributed by atoms with Crippen molar-refractivity contribution in [3.63, 3.8) is 0 Å². The monoisotopic (exact) mass is 306 g/mol. The van der Waals surface area contributed by atoms with Crippen LogP contribution in [0.3, 0.4) is 0 Å². The lowest BCUT2D eigenvalue weighted by molar-refractivity contribution is 0.584. The third-order valence-corrected chi connectivity index (χ3v) is 3.57. The van der Waals surface area contributed by atoms with Gasteiger partial charge >= 0.3 is 0 Å². The number of hydrogen-bond acceptors (Lipinski definition) is 5. The average molecular weight is 306 g/mol. The van der Waals surface area contributed by atoms with Gasteiger partial charge < -0.3 is 0 Å². The van der Waals surface area contributed by atoms with Gasteiger partial charge in [-0.2, -0.15) is 9.37 Å². The highest BCUT2D eigenvalue weighted by Gasteiger charge is 2.21. The van der Waals surface area contributed by atoms with Crippen molar-refractivity contribution < 1.29 is 4.39 Å². The summed E-state index contributed by atoms with van der Waals surface area (Å²) in [6.45, 7) is 5.82. The van der Waals surface area contributed by atoms with Crippen LogP contribution in [0.4, 0.5) is 4.39 Å². The molecule has 0 saturated carbocycles. The molecule has 1 aliphatic rings. The van der Waals surface area contributed by atoms with Crippen LogP contribution in [0.15, 0.2) is 37.3 Å². The second-order valence-electron chi connectivity index (χ2n) is 5.06. The van der Waals surface area contributed by atoms with Crippen molar-refractivity contribution in [3.05, 3.63) is 60.5 Å². The Morgan fingerprint density at radius 1 is 1.13 bits per heavy atom. The Morgan fingerprint density at radius 3 is 2.83 bits per heavy atom. The van der Waals surface area contributed by atoms with Gasteiger partial charge in [-0.1, -0.05) is 12.7 Å². The Balaban J connectivity index is 1.86. The van der Waals surface area contributed by atoms with Crippen molar-refractivity contribution in [1.29, 1.82) is 0 Å². The van der Waals surface area contributed by atoms with E-state index in [1.54, 1.807) is 6.07 Å². The smallest absolute Gasteiger partial charge is 0.239 e. The van der Waals surface area contributed by atoms with Crippen LogP contribution >= 0.6 is 0 Å². The molecule has 3 aromatic heterocycles. The molecule has 23 heavy (non-hydrogen) atoms. The maximum atomic E-state index is 13.3. The molecule has 0 amide bonds. The zero-order valence-electron chi connectivity index (χ0n) is 12.2. The number of allylic oxidation sites excluding steroid dienone is 2. The Labute approximate surface area is 131 Å². The van der Waals surface area contributed by atoms with Gasteiger partial charge in [-0.05, 0) is 24.6 Å². The van der Waals surface area contributed by atoms with E-state index >= 15 is 0 Å². The molecule has 0 radical (unpaired) electrons. The molecule has 3 aromatic rings. The van der Waals surface area contributed by atoms with Crippen LogP contribution in [0, 0.1) is 12.9 Å². The molecule has 0 fully saturated rings. The second kappa shape index (κ2) is 4.91. The van der Waals surface area contributed by atoms with Crippen LogP contribution in [0.25, 0.3) is 29.0 Å². The largest absolute Gasteiger partial charge is 0.264 e. The first-order valence-electron chi connectivity index (χ1n) is 6.91. The predicted octanol–water partition coefficient (Wildman–Crippen LogP) is 2.61. The number of halogens is 1. The number of rotatable bonds is 2. The van der Waals surface area contributed by atoms with E-state index in [2.05, 4.69) is 31.5 Å². The Hall–Kier alpha value is -3.22. The van der Waals surface area contributed by atoms with Crippen LogP contribution in [0.1, 0.15) is 17.2 Å². The lowest BCUT2D eigenvalue weighted by atomic mass is 10.2. The zero-order chi connectivity index (χ0) is 16.0. The van der Waals surface area contributed by atoms with E-state index in [1.165, 1.54) is 18.6 Å². The van der Waals surface area contributed by atoms with Gasteiger partial charge in [-0.25, -0.2) is 19.9 Å². The molecule has 0 N–H and O–H groups in total. The molecule has 0 unspecified atom stereocenters. The van der Waals surface area contributed by atoms with E-state index in [4.69, 9.17) is 0 Å². The van der Waals surface area contributed by atoms with Gasteiger partial charge in [0.1, 0.15) is 12.2 Å². The minimum atomic E-state index is -0.580. The first-order valence-corrected chi connectivity index (χ1v) is 6.91. The molecule has 1 aliphatic carbocycles. The summed E-state index contributed by atoms with van der Waals surface area (Å²) in [6.07, 6.45) is 6.59. The van der Waals surface area contributed by atoms with Crippen molar-refractivity contribution in [1.82, 2.24) is 29.5 Å². The first kappa shape index (κ1) is 13.4. The van der Waals surface area contributed by atoms with Gasteiger partial charge in [0.05, 0.1) is 11.4 Å². The van der Waals surface area contributed by atoms with Crippen molar-refractivity contribution in [2.75, 3.05) is 0 Å². The zero-order valence-corrected chi connectivity index (χ0v) is 12.2. The minimum Gasteiger partial charge on any atom is -0.264 e. The van der Waals surface area contributed by atoms with E-state index in [0.717, 1.165) is 22.8 Å². The quantitative estimate of drug-likeness (QED) is 0.681. The van der Waals surface area contributed by atoms with Crippen molar-refractivity contribution in [2.24, 2.45) is 0 Å². The number of pyridine rings is 1. The summed E-state index contributed by atoms with van der Waals surface area (Å²) in [5, 5.41) is 0. The Kier molecular flexibility index (Phi) is 2.87. The fraction of sp³-hybridized carbons (Fsp3) is 0.0625. The maximum absolute atomic E-state index is 13.3. The number of aromatic nitrogens is 6. The molecule has 4 rings (SSSR count). The van der Waals surface area contributed by atoms with Gasteiger partial charge in [0, 0.05) is 17.8 Å². The highest BCUT2D eigenvalue weighted by Crippen LogP contribution is 2.29. The fourth-order valence-corrected chi connectivity index (χ4v) is 2.53. The summed E-state index contributed by atoms with van der Waals surface area (Å²) in [7, 11) is 0. The molecule has 6 nitrogen and oxygen atoms in total. The number of imidazole rings is 1. The van der Waals surface area contributed by atoms with Crippen molar-refractivity contribution in [3.8, 4) is 17.3 Å². The average Bonchev–Trinajstić information content (AvgIpc) is 3.06. The topological polar surface area (TPSA) is 69.4 Å². The number of nitrogens with zero attached hydrogens (tertiary/aromatic N) is 6. The third kappa shape index (κ3) is 2.13. The first-order chi connectivity index (χ1) is 11.1. The summed E-state index contributed by atoms with van der Waals surface area (Å²) in [5.41, 5.74) is 3.09. The third-order valence-electron chi connectivity index (χ3n) is 3.57. The number of aryl methyl sites for hydroxylation is 1. The molecule has 0 atom stereocenters. The Bertz CT molecular complexity index is 972. The van der Waals surface area contributed by atoms with E-state index in [-0.39, 0.29) is 0 Å². The maximum Gasteiger partial charge on any atom is 0.239 e. The molecular weight excluding hydrogens is 295 g/mol. The molecule has 0 bridgehead atoms. The Morgan fingerprint density at radius 2 is 2.00 bits per heavy atom. The van der Waals surface area contributed by atoms with Gasteiger partial charge in [0.25, 0.3) is 0 Å². The summed E-state index contributed by atoms with van der Waals surface area (Å²) < 4.78 is 15.1. The van der Waals surface area contributed by atoms with Crippen LogP contribution in [0.5, 0.6) is 0 Å².